The van der Waals surface area contributed by atoms with E-state index in [2.05, 4.69) is 11.0 Å². The van der Waals surface area contributed by atoms with Crippen LogP contribution >= 0.6 is 0 Å². The third-order valence-corrected chi connectivity index (χ3v) is 1.91. The molecule has 0 spiro atoms. The van der Waals surface area contributed by atoms with Crippen LogP contribution in [0, 0.1) is 0 Å². The van der Waals surface area contributed by atoms with Gasteiger partial charge in [-0.3, -0.25) is 0 Å². The Balaban J connectivity index is 1.70. The smallest absolute Gasteiger partial charge is 0.0635 e. The lowest BCUT2D eigenvalue weighted by molar-refractivity contribution is -0.248. The molecular formula is C12H12N2O2. The molecule has 0 amide bonds. The Hall–Kier alpha value is -2.04. The van der Waals surface area contributed by atoms with Gasteiger partial charge in [-0.05, 0) is 24.3 Å². The van der Waals surface area contributed by atoms with E-state index >= 15 is 0 Å². The van der Waals surface area contributed by atoms with Crippen LogP contribution in [0.25, 0.3) is 0 Å². The summed E-state index contributed by atoms with van der Waals surface area (Å²) in [5.74, 6) is 0. The fourth-order valence-corrected chi connectivity index (χ4v) is 1.15. The van der Waals surface area contributed by atoms with E-state index in [1.807, 2.05) is 60.7 Å². The zero-order valence-corrected chi connectivity index (χ0v) is 8.59. The van der Waals surface area contributed by atoms with Gasteiger partial charge >= 0.3 is 0 Å². The summed E-state index contributed by atoms with van der Waals surface area (Å²) < 4.78 is 0. The number of hydrogen-bond acceptors (Lipinski definition) is 4. The van der Waals surface area contributed by atoms with Crippen molar-refractivity contribution in [1.82, 2.24) is 0 Å². The normalized spacial score (nSPS) is 9.75. The second-order valence-electron chi connectivity index (χ2n) is 3.10. The highest BCUT2D eigenvalue weighted by Gasteiger charge is 1.91. The van der Waals surface area contributed by atoms with Gasteiger partial charge in [0, 0.05) is 0 Å². The molecule has 0 aliphatic heterocycles. The van der Waals surface area contributed by atoms with E-state index in [4.69, 9.17) is 9.98 Å². The van der Waals surface area contributed by atoms with E-state index in [0.717, 1.165) is 11.4 Å². The molecule has 2 aromatic carbocycles. The number of para-hydroxylation sites is 2. The van der Waals surface area contributed by atoms with Gasteiger partial charge in [-0.2, -0.15) is 0 Å². The van der Waals surface area contributed by atoms with Gasteiger partial charge in [0.15, 0.2) is 0 Å². The van der Waals surface area contributed by atoms with Crippen molar-refractivity contribution in [3.63, 3.8) is 0 Å². The largest absolute Gasteiger partial charge is 0.233 e. The van der Waals surface area contributed by atoms with Crippen LogP contribution in [-0.4, -0.2) is 0 Å². The maximum Gasteiger partial charge on any atom is 0.0635 e. The Morgan fingerprint density at radius 2 is 0.938 bits per heavy atom. The maximum absolute atomic E-state index is 4.76. The van der Waals surface area contributed by atoms with Gasteiger partial charge in [-0.1, -0.05) is 46.4 Å². The zero-order chi connectivity index (χ0) is 11.1. The number of anilines is 2. The second kappa shape index (κ2) is 5.75. The number of rotatable bonds is 5. The van der Waals surface area contributed by atoms with Crippen LogP contribution in [0.2, 0.25) is 0 Å². The first kappa shape index (κ1) is 10.5. The minimum Gasteiger partial charge on any atom is -0.233 e. The summed E-state index contributed by atoms with van der Waals surface area (Å²) in [6.45, 7) is 0. The van der Waals surface area contributed by atoms with Crippen molar-refractivity contribution in [2.24, 2.45) is 0 Å². The molecule has 0 atom stereocenters. The van der Waals surface area contributed by atoms with Crippen LogP contribution < -0.4 is 11.0 Å². The quantitative estimate of drug-likeness (QED) is 0.458. The van der Waals surface area contributed by atoms with E-state index in [0.29, 0.717) is 0 Å². The molecule has 0 saturated heterocycles. The van der Waals surface area contributed by atoms with Crippen molar-refractivity contribution in [2.45, 2.75) is 0 Å². The van der Waals surface area contributed by atoms with Crippen molar-refractivity contribution in [3.8, 4) is 0 Å². The van der Waals surface area contributed by atoms with E-state index < -0.39 is 0 Å². The van der Waals surface area contributed by atoms with Gasteiger partial charge in [-0.15, -0.1) is 0 Å². The molecule has 0 aromatic heterocycles. The molecule has 0 fully saturated rings. The Kier molecular flexibility index (Phi) is 3.76. The Bertz CT molecular complexity index is 364. The van der Waals surface area contributed by atoms with Crippen molar-refractivity contribution in [1.29, 1.82) is 0 Å². The second-order valence-corrected chi connectivity index (χ2v) is 3.10. The number of hydrogen-bond donors (Lipinski definition) is 2. The monoisotopic (exact) mass is 216 g/mol. The summed E-state index contributed by atoms with van der Waals surface area (Å²) in [5.41, 5.74) is 6.89. The van der Waals surface area contributed by atoms with Gasteiger partial charge in [0.05, 0.1) is 11.4 Å². The van der Waals surface area contributed by atoms with Crippen LogP contribution in [0.15, 0.2) is 60.7 Å². The average molecular weight is 216 g/mol. The molecule has 82 valence electrons. The van der Waals surface area contributed by atoms with Crippen LogP contribution in [0.1, 0.15) is 0 Å². The van der Waals surface area contributed by atoms with Gasteiger partial charge in [-0.25, -0.2) is 11.0 Å². The predicted octanol–water partition coefficient (Wildman–Crippen LogP) is 2.99. The lowest BCUT2D eigenvalue weighted by Gasteiger charge is -2.06. The molecule has 4 heteroatoms. The highest BCUT2D eigenvalue weighted by molar-refractivity contribution is 5.40. The van der Waals surface area contributed by atoms with E-state index in [-0.39, 0.29) is 0 Å². The van der Waals surface area contributed by atoms with E-state index in [1.165, 1.54) is 0 Å². The van der Waals surface area contributed by atoms with Crippen LogP contribution in [0.4, 0.5) is 11.4 Å². The molecule has 0 aliphatic carbocycles. The summed E-state index contributed by atoms with van der Waals surface area (Å²) in [5, 5.41) is 0. The molecule has 0 radical (unpaired) electrons. The summed E-state index contributed by atoms with van der Waals surface area (Å²) in [6.07, 6.45) is 0. The number of benzene rings is 2. The molecule has 16 heavy (non-hydrogen) atoms. The van der Waals surface area contributed by atoms with Gasteiger partial charge in [0.25, 0.3) is 0 Å². The zero-order valence-electron chi connectivity index (χ0n) is 8.59. The molecule has 0 saturated carbocycles. The Morgan fingerprint density at radius 3 is 1.31 bits per heavy atom. The lowest BCUT2D eigenvalue weighted by Crippen LogP contribution is -2.07. The van der Waals surface area contributed by atoms with Crippen molar-refractivity contribution in [3.05, 3.63) is 60.7 Å². The van der Waals surface area contributed by atoms with Gasteiger partial charge in [0.1, 0.15) is 0 Å². The molecule has 2 aromatic rings. The standard InChI is InChI=1S/C12H12N2O2/c1-3-7-11(8-4-1)13-15-16-14-12-9-5-2-6-10-12/h1-10,13-14H. The topological polar surface area (TPSA) is 42.5 Å². The minimum absolute atomic E-state index is 0.817. The molecular weight excluding hydrogens is 204 g/mol. The van der Waals surface area contributed by atoms with Crippen molar-refractivity contribution < 1.29 is 9.98 Å². The molecule has 0 aliphatic rings. The third-order valence-electron chi connectivity index (χ3n) is 1.91. The van der Waals surface area contributed by atoms with Gasteiger partial charge < -0.3 is 0 Å². The Labute approximate surface area is 93.7 Å². The summed E-state index contributed by atoms with van der Waals surface area (Å²) in [4.78, 5) is 9.53. The average Bonchev–Trinajstić information content (AvgIpc) is 2.37. The highest BCUT2D eigenvalue weighted by atomic mass is 17.3. The molecule has 4 nitrogen and oxygen atoms in total. The first-order valence-electron chi connectivity index (χ1n) is 4.90. The van der Waals surface area contributed by atoms with Crippen molar-refractivity contribution >= 4 is 11.4 Å². The molecule has 2 N–H and O–H groups in total. The maximum atomic E-state index is 4.76. The predicted molar refractivity (Wildman–Crippen MR) is 62.3 cm³/mol. The van der Waals surface area contributed by atoms with E-state index in [9.17, 15) is 0 Å². The van der Waals surface area contributed by atoms with Crippen molar-refractivity contribution in [2.75, 3.05) is 11.0 Å². The fourth-order valence-electron chi connectivity index (χ4n) is 1.15. The molecule has 0 bridgehead atoms. The third kappa shape index (κ3) is 3.27. The Morgan fingerprint density at radius 1 is 0.562 bits per heavy atom. The van der Waals surface area contributed by atoms with E-state index in [1.54, 1.807) is 0 Å². The van der Waals surface area contributed by atoms with Crippen LogP contribution in [0.3, 0.4) is 0 Å². The molecule has 0 unspecified atom stereocenters. The van der Waals surface area contributed by atoms with Gasteiger partial charge in [0.2, 0.25) is 0 Å². The molecule has 0 heterocycles. The minimum atomic E-state index is 0.817. The van der Waals surface area contributed by atoms with Crippen LogP contribution in [0.5, 0.6) is 0 Å². The number of nitrogens with one attached hydrogen (secondary N) is 2. The SMILES string of the molecule is c1ccc(NOONc2ccccc2)cc1. The summed E-state index contributed by atoms with van der Waals surface area (Å²) in [6, 6.07) is 18.9. The fraction of sp³-hybridized carbons (Fsp3) is 0. The lowest BCUT2D eigenvalue weighted by atomic mass is 10.3. The highest BCUT2D eigenvalue weighted by Crippen LogP contribution is 2.07. The first-order valence-corrected chi connectivity index (χ1v) is 4.90. The summed E-state index contributed by atoms with van der Waals surface area (Å²) in [7, 11) is 0. The summed E-state index contributed by atoms with van der Waals surface area (Å²) >= 11 is 0. The molecule has 2 rings (SSSR count). The van der Waals surface area contributed by atoms with Crippen LogP contribution in [-0.2, 0) is 9.98 Å². The first-order chi connectivity index (χ1) is 7.95.